The lowest BCUT2D eigenvalue weighted by molar-refractivity contribution is 0.0980. The van der Waals surface area contributed by atoms with Gasteiger partial charge < -0.3 is 4.90 Å². The van der Waals surface area contributed by atoms with Crippen LogP contribution in [-0.2, 0) is 0 Å². The largest absolute Gasteiger partial charge is 0.374 e. The summed E-state index contributed by atoms with van der Waals surface area (Å²) in [5.41, 5.74) is 0.934. The zero-order chi connectivity index (χ0) is 14.5. The van der Waals surface area contributed by atoms with Gasteiger partial charge in [0.15, 0.2) is 5.78 Å². The molecule has 0 atom stereocenters. The summed E-state index contributed by atoms with van der Waals surface area (Å²) in [6, 6.07) is 8.72. The van der Waals surface area contributed by atoms with Crippen molar-refractivity contribution in [2.75, 3.05) is 18.5 Å². The van der Waals surface area contributed by atoms with E-state index in [-0.39, 0.29) is 23.7 Å². The van der Waals surface area contributed by atoms with Crippen LogP contribution in [0.25, 0.3) is 0 Å². The number of nitrogens with zero attached hydrogens (tertiary/aromatic N) is 2. The maximum absolute atomic E-state index is 13.1. The van der Waals surface area contributed by atoms with Crippen LogP contribution in [0.4, 0.5) is 14.5 Å². The second-order valence-corrected chi connectivity index (χ2v) is 4.44. The predicted octanol–water partition coefficient (Wildman–Crippen LogP) is 3.07. The van der Waals surface area contributed by atoms with Crippen LogP contribution in [0.1, 0.15) is 16.9 Å². The lowest BCUT2D eigenvalue weighted by atomic mass is 10.2. The van der Waals surface area contributed by atoms with Crippen molar-refractivity contribution in [2.45, 2.75) is 6.42 Å². The van der Waals surface area contributed by atoms with Gasteiger partial charge in [0.05, 0.1) is 6.20 Å². The quantitative estimate of drug-likeness (QED) is 0.787. The van der Waals surface area contributed by atoms with Crippen LogP contribution in [0.3, 0.4) is 0 Å². The van der Waals surface area contributed by atoms with Gasteiger partial charge in [-0.15, -0.1) is 0 Å². The van der Waals surface area contributed by atoms with Crippen LogP contribution in [0.15, 0.2) is 42.6 Å². The molecule has 3 nitrogen and oxygen atoms in total. The fourth-order valence-electron chi connectivity index (χ4n) is 1.78. The number of ketones is 1. The molecule has 2 aromatic rings. The molecule has 0 radical (unpaired) electrons. The third kappa shape index (κ3) is 3.60. The summed E-state index contributed by atoms with van der Waals surface area (Å²) in [5, 5.41) is 0. The van der Waals surface area contributed by atoms with Crippen molar-refractivity contribution in [1.29, 1.82) is 0 Å². The number of Topliss-reactive ketones (excluding diaryl/α,β-unsaturated/α-hetero) is 1. The Kier molecular flexibility index (Phi) is 4.40. The van der Waals surface area contributed by atoms with E-state index in [9.17, 15) is 13.6 Å². The first-order chi connectivity index (χ1) is 9.56. The lowest BCUT2D eigenvalue weighted by Gasteiger charge is -2.18. The minimum Gasteiger partial charge on any atom is -0.374 e. The second kappa shape index (κ2) is 6.23. The highest BCUT2D eigenvalue weighted by Gasteiger charge is 2.10. The summed E-state index contributed by atoms with van der Waals surface area (Å²) in [7, 11) is 1.78. The molecule has 0 bridgehead atoms. The van der Waals surface area contributed by atoms with Crippen molar-refractivity contribution in [1.82, 2.24) is 4.98 Å². The van der Waals surface area contributed by atoms with E-state index in [1.807, 2.05) is 0 Å². The summed E-state index contributed by atoms with van der Waals surface area (Å²) in [6.07, 6.45) is 1.25. The minimum atomic E-state index is -0.474. The van der Waals surface area contributed by atoms with Gasteiger partial charge in [-0.2, -0.15) is 0 Å². The van der Waals surface area contributed by atoms with E-state index in [1.165, 1.54) is 24.3 Å². The number of carbonyl (C=O) groups is 1. The number of hydrogen-bond donors (Lipinski definition) is 0. The highest BCUT2D eigenvalue weighted by Crippen LogP contribution is 2.14. The van der Waals surface area contributed by atoms with Gasteiger partial charge in [0.2, 0.25) is 0 Å². The topological polar surface area (TPSA) is 33.2 Å². The minimum absolute atomic E-state index is 0.173. The Morgan fingerprint density at radius 1 is 1.20 bits per heavy atom. The predicted molar refractivity (Wildman–Crippen MR) is 72.8 cm³/mol. The van der Waals surface area contributed by atoms with Gasteiger partial charge in [-0.3, -0.25) is 9.78 Å². The first kappa shape index (κ1) is 14.1. The Labute approximate surface area is 115 Å². The van der Waals surface area contributed by atoms with Crippen molar-refractivity contribution >= 4 is 11.5 Å². The third-order valence-corrected chi connectivity index (χ3v) is 2.94. The van der Waals surface area contributed by atoms with Gasteiger partial charge in [-0.25, -0.2) is 8.78 Å². The molecule has 0 aliphatic rings. The molecule has 1 aromatic heterocycles. The molecule has 1 heterocycles. The zero-order valence-electron chi connectivity index (χ0n) is 11.0. The Balaban J connectivity index is 1.94. The zero-order valence-corrected chi connectivity index (χ0v) is 11.0. The van der Waals surface area contributed by atoms with E-state index >= 15 is 0 Å². The molecule has 0 saturated carbocycles. The first-order valence-electron chi connectivity index (χ1n) is 6.18. The summed E-state index contributed by atoms with van der Waals surface area (Å²) in [5.74, 6) is -0.965. The fraction of sp³-hybridized carbons (Fsp3) is 0.200. The molecule has 0 fully saturated rings. The number of hydrogen-bond acceptors (Lipinski definition) is 3. The maximum Gasteiger partial charge on any atom is 0.182 e. The molecular weight excluding hydrogens is 262 g/mol. The number of carbonyl (C=O) groups excluding carboxylic acids is 1. The van der Waals surface area contributed by atoms with Crippen LogP contribution in [-0.4, -0.2) is 24.4 Å². The molecular formula is C15H14F2N2O. The average molecular weight is 276 g/mol. The van der Waals surface area contributed by atoms with Gasteiger partial charge in [-0.1, -0.05) is 6.07 Å². The van der Waals surface area contributed by atoms with Crippen molar-refractivity contribution in [3.05, 3.63) is 59.9 Å². The van der Waals surface area contributed by atoms with Crippen molar-refractivity contribution < 1.29 is 13.6 Å². The Bertz CT molecular complexity index is 599. The normalized spacial score (nSPS) is 10.3. The Morgan fingerprint density at radius 2 is 2.00 bits per heavy atom. The van der Waals surface area contributed by atoms with Crippen LogP contribution in [0, 0.1) is 11.6 Å². The van der Waals surface area contributed by atoms with Gasteiger partial charge in [0.1, 0.15) is 17.3 Å². The number of rotatable bonds is 5. The van der Waals surface area contributed by atoms with E-state index in [2.05, 4.69) is 4.98 Å². The molecule has 5 heteroatoms. The van der Waals surface area contributed by atoms with Crippen molar-refractivity contribution in [2.24, 2.45) is 0 Å². The smallest absolute Gasteiger partial charge is 0.182 e. The van der Waals surface area contributed by atoms with E-state index in [4.69, 9.17) is 0 Å². The molecule has 0 amide bonds. The highest BCUT2D eigenvalue weighted by atomic mass is 19.1. The molecule has 0 unspecified atom stereocenters. The standard InChI is InChI=1S/C15H14F2N2O/c1-19(13-4-2-3-11(16)9-13)8-7-15(20)14-6-5-12(17)10-18-14/h2-6,9-10H,7-8H2,1H3. The first-order valence-corrected chi connectivity index (χ1v) is 6.18. The highest BCUT2D eigenvalue weighted by molar-refractivity contribution is 5.94. The summed E-state index contributed by atoms with van der Waals surface area (Å²) >= 11 is 0. The van der Waals surface area contributed by atoms with Crippen molar-refractivity contribution in [3.63, 3.8) is 0 Å². The summed E-state index contributed by atoms with van der Waals surface area (Å²) < 4.78 is 25.8. The Morgan fingerprint density at radius 3 is 2.65 bits per heavy atom. The second-order valence-electron chi connectivity index (χ2n) is 4.44. The monoisotopic (exact) mass is 276 g/mol. The molecule has 0 saturated heterocycles. The molecule has 0 aliphatic carbocycles. The molecule has 0 spiro atoms. The summed E-state index contributed by atoms with van der Waals surface area (Å²) in [6.45, 7) is 0.432. The van der Waals surface area contributed by atoms with Gasteiger partial charge in [0, 0.05) is 25.7 Å². The van der Waals surface area contributed by atoms with Gasteiger partial charge in [0.25, 0.3) is 0 Å². The average Bonchev–Trinajstić information content (AvgIpc) is 2.45. The fourth-order valence-corrected chi connectivity index (χ4v) is 1.78. The van der Waals surface area contributed by atoms with E-state index < -0.39 is 5.82 Å². The third-order valence-electron chi connectivity index (χ3n) is 2.94. The summed E-state index contributed by atoms with van der Waals surface area (Å²) in [4.78, 5) is 17.4. The Hall–Kier alpha value is -2.30. The number of anilines is 1. The van der Waals surface area contributed by atoms with E-state index in [0.29, 0.717) is 12.2 Å². The molecule has 104 valence electrons. The molecule has 1 aromatic carbocycles. The number of aromatic nitrogens is 1. The number of benzene rings is 1. The van der Waals surface area contributed by atoms with Crippen LogP contribution < -0.4 is 4.90 Å². The number of pyridine rings is 1. The van der Waals surface area contributed by atoms with Gasteiger partial charge in [-0.05, 0) is 30.3 Å². The molecule has 2 rings (SSSR count). The lowest BCUT2D eigenvalue weighted by Crippen LogP contribution is -2.21. The van der Waals surface area contributed by atoms with Gasteiger partial charge >= 0.3 is 0 Å². The molecule has 20 heavy (non-hydrogen) atoms. The van der Waals surface area contributed by atoms with Crippen molar-refractivity contribution in [3.8, 4) is 0 Å². The molecule has 0 N–H and O–H groups in total. The van der Waals surface area contributed by atoms with E-state index in [0.717, 1.165) is 6.20 Å². The maximum atomic E-state index is 13.1. The molecule has 0 aliphatic heterocycles. The number of halogens is 2. The van der Waals surface area contributed by atoms with Crippen LogP contribution in [0.5, 0.6) is 0 Å². The van der Waals surface area contributed by atoms with E-state index in [1.54, 1.807) is 24.1 Å². The SMILES string of the molecule is CN(CCC(=O)c1ccc(F)cn1)c1cccc(F)c1. The van der Waals surface area contributed by atoms with Crippen LogP contribution in [0.2, 0.25) is 0 Å². The van der Waals surface area contributed by atoms with Crippen LogP contribution >= 0.6 is 0 Å².